The molecule has 0 spiro atoms. The molecule has 0 heterocycles. The summed E-state index contributed by atoms with van der Waals surface area (Å²) < 4.78 is 0. The summed E-state index contributed by atoms with van der Waals surface area (Å²) >= 11 is 0. The third kappa shape index (κ3) is 11.1. The molecule has 0 aliphatic rings. The Kier molecular flexibility index (Phi) is 14.5. The molecule has 0 saturated heterocycles. The van der Waals surface area contributed by atoms with Gasteiger partial charge in [-0.05, 0) is 0 Å². The van der Waals surface area contributed by atoms with Crippen molar-refractivity contribution in [3.05, 3.63) is 29.3 Å². The SMILES string of the molecule is CCCCC(CC)Cc1cccc(P(O)(O)(O)CC(CC)CCCC)c1CCCCCC(C)C. The first-order valence-electron chi connectivity index (χ1n) is 14.4. The molecule has 3 nitrogen and oxygen atoms in total. The number of unbranched alkanes of at least 4 members (excludes halogenated alkanes) is 4. The monoisotopic (exact) mass is 496 g/mol. The second-order valence-electron chi connectivity index (χ2n) is 11.3. The maximum absolute atomic E-state index is 11.5. The summed E-state index contributed by atoms with van der Waals surface area (Å²) in [6, 6.07) is 5.92. The number of hydrogen-bond donors (Lipinski definition) is 3. The minimum atomic E-state index is -4.96. The van der Waals surface area contributed by atoms with E-state index in [9.17, 15) is 14.7 Å². The normalized spacial score (nSPS) is 15.3. The summed E-state index contributed by atoms with van der Waals surface area (Å²) in [5.41, 5.74) is 2.24. The Morgan fingerprint density at radius 1 is 0.735 bits per heavy atom. The van der Waals surface area contributed by atoms with Crippen LogP contribution in [-0.4, -0.2) is 20.8 Å². The van der Waals surface area contributed by atoms with Gasteiger partial charge in [-0.25, -0.2) is 0 Å². The van der Waals surface area contributed by atoms with Crippen LogP contribution in [0.2, 0.25) is 0 Å². The molecule has 3 N–H and O–H groups in total. The second-order valence-corrected chi connectivity index (χ2v) is 14.4. The van der Waals surface area contributed by atoms with E-state index >= 15 is 0 Å². The van der Waals surface area contributed by atoms with Gasteiger partial charge in [-0.15, -0.1) is 0 Å². The molecule has 0 radical (unpaired) electrons. The van der Waals surface area contributed by atoms with Crippen molar-refractivity contribution in [3.63, 3.8) is 0 Å². The Morgan fingerprint density at radius 3 is 1.91 bits per heavy atom. The number of hydrogen-bond acceptors (Lipinski definition) is 3. The molecule has 2 unspecified atom stereocenters. The quantitative estimate of drug-likeness (QED) is 0.133. The van der Waals surface area contributed by atoms with Crippen LogP contribution in [0, 0.1) is 17.8 Å². The zero-order valence-corrected chi connectivity index (χ0v) is 24.3. The van der Waals surface area contributed by atoms with Gasteiger partial charge >= 0.3 is 212 Å². The molecule has 0 bridgehead atoms. The van der Waals surface area contributed by atoms with Crippen molar-refractivity contribution < 1.29 is 14.7 Å². The third-order valence-corrected chi connectivity index (χ3v) is 10.2. The molecule has 0 aliphatic carbocycles. The van der Waals surface area contributed by atoms with Gasteiger partial charge in [-0.2, -0.15) is 0 Å². The molecular weight excluding hydrogens is 439 g/mol. The van der Waals surface area contributed by atoms with Gasteiger partial charge in [0.25, 0.3) is 0 Å². The van der Waals surface area contributed by atoms with Crippen LogP contribution in [-0.2, 0) is 12.8 Å². The van der Waals surface area contributed by atoms with E-state index in [0.29, 0.717) is 11.2 Å². The Balaban J connectivity index is 3.27. The van der Waals surface area contributed by atoms with Gasteiger partial charge in [0.1, 0.15) is 0 Å². The molecule has 0 amide bonds. The van der Waals surface area contributed by atoms with E-state index in [4.69, 9.17) is 0 Å². The van der Waals surface area contributed by atoms with Crippen LogP contribution in [0.4, 0.5) is 0 Å². The summed E-state index contributed by atoms with van der Waals surface area (Å²) in [7, 11) is -4.96. The van der Waals surface area contributed by atoms with Crippen molar-refractivity contribution in [2.24, 2.45) is 17.8 Å². The van der Waals surface area contributed by atoms with Crippen molar-refractivity contribution in [1.29, 1.82) is 0 Å². The molecule has 0 saturated carbocycles. The average Bonchev–Trinajstić information content (AvgIpc) is 2.79. The molecule has 0 fully saturated rings. The van der Waals surface area contributed by atoms with Crippen LogP contribution in [0.15, 0.2) is 18.2 Å². The Labute approximate surface area is 212 Å². The van der Waals surface area contributed by atoms with Crippen molar-refractivity contribution in [1.82, 2.24) is 0 Å². The fourth-order valence-electron chi connectivity index (χ4n) is 5.31. The topological polar surface area (TPSA) is 60.7 Å². The molecule has 2 atom stereocenters. The summed E-state index contributed by atoms with van der Waals surface area (Å²) in [6.45, 7) is 13.3. The third-order valence-electron chi connectivity index (χ3n) is 7.64. The maximum atomic E-state index is 11.5. The van der Waals surface area contributed by atoms with Gasteiger partial charge < -0.3 is 0 Å². The predicted molar refractivity (Wildman–Crippen MR) is 152 cm³/mol. The molecule has 34 heavy (non-hydrogen) atoms. The van der Waals surface area contributed by atoms with Crippen molar-refractivity contribution in [3.8, 4) is 0 Å². The van der Waals surface area contributed by atoms with E-state index < -0.39 is 7.28 Å². The molecule has 4 heteroatoms. The standard InChI is InChI=1S/C30H57O3P/c1-7-11-18-26(9-3)23-28-20-16-22-30(29(28)21-15-13-14-17-25(5)6)34(31,32,33)24-27(10-4)19-12-8-2/h16,20,22,25-27,31-33H,7-15,17-19,21,23-24H2,1-6H3. The summed E-state index contributed by atoms with van der Waals surface area (Å²) in [4.78, 5) is 34.5. The molecule has 1 aromatic rings. The molecule has 200 valence electrons. The van der Waals surface area contributed by atoms with Gasteiger partial charge in [0.15, 0.2) is 0 Å². The van der Waals surface area contributed by atoms with Gasteiger partial charge in [0, 0.05) is 0 Å². The van der Waals surface area contributed by atoms with E-state index in [-0.39, 0.29) is 12.1 Å². The summed E-state index contributed by atoms with van der Waals surface area (Å²) in [5, 5.41) is 0.452. The first-order chi connectivity index (χ1) is 16.1. The van der Waals surface area contributed by atoms with Crippen molar-refractivity contribution in [2.45, 2.75) is 131 Å². The van der Waals surface area contributed by atoms with Gasteiger partial charge in [-0.3, -0.25) is 0 Å². The first-order valence-corrected chi connectivity index (χ1v) is 16.7. The summed E-state index contributed by atoms with van der Waals surface area (Å²) in [5.74, 6) is 1.45. The van der Waals surface area contributed by atoms with E-state index in [1.165, 1.54) is 37.7 Å². The van der Waals surface area contributed by atoms with Gasteiger partial charge in [-0.1, -0.05) is 0 Å². The van der Waals surface area contributed by atoms with Crippen LogP contribution in [0.3, 0.4) is 0 Å². The molecule has 1 aromatic carbocycles. The van der Waals surface area contributed by atoms with E-state index in [2.05, 4.69) is 47.6 Å². The van der Waals surface area contributed by atoms with Gasteiger partial charge in [0.05, 0.1) is 0 Å². The zero-order valence-electron chi connectivity index (χ0n) is 23.4. The predicted octanol–water partition coefficient (Wildman–Crippen LogP) is 8.32. The van der Waals surface area contributed by atoms with E-state index in [1.807, 2.05) is 12.1 Å². The first kappa shape index (κ1) is 31.6. The zero-order chi connectivity index (χ0) is 25.6. The number of benzene rings is 1. The van der Waals surface area contributed by atoms with Crippen LogP contribution in [0.5, 0.6) is 0 Å². The molecule has 0 aliphatic heterocycles. The van der Waals surface area contributed by atoms with Crippen LogP contribution in [0.25, 0.3) is 0 Å². The van der Waals surface area contributed by atoms with Crippen molar-refractivity contribution >= 4 is 12.6 Å². The fourth-order valence-corrected chi connectivity index (χ4v) is 8.10. The van der Waals surface area contributed by atoms with Crippen molar-refractivity contribution in [2.75, 3.05) is 6.16 Å². The van der Waals surface area contributed by atoms with Crippen LogP contribution < -0.4 is 5.30 Å². The van der Waals surface area contributed by atoms with Crippen LogP contribution in [0.1, 0.15) is 130 Å². The molecule has 0 aromatic heterocycles. The Bertz CT molecular complexity index is 677. The average molecular weight is 497 g/mol. The molecule has 1 rings (SSSR count). The van der Waals surface area contributed by atoms with Gasteiger partial charge in [0.2, 0.25) is 0 Å². The molecular formula is C30H57O3P. The Morgan fingerprint density at radius 2 is 1.35 bits per heavy atom. The fraction of sp³-hybridized carbons (Fsp3) is 0.800. The van der Waals surface area contributed by atoms with Crippen LogP contribution >= 0.6 is 7.28 Å². The Hall–Kier alpha value is -0.470. The summed E-state index contributed by atoms with van der Waals surface area (Å²) in [6.07, 6.45) is 15.2. The number of rotatable bonds is 19. The van der Waals surface area contributed by atoms with E-state index in [0.717, 1.165) is 69.3 Å². The van der Waals surface area contributed by atoms with E-state index in [1.54, 1.807) is 0 Å². The minimum absolute atomic E-state index is 0.0962. The second kappa shape index (κ2) is 15.6.